The lowest BCUT2D eigenvalue weighted by atomic mass is 10.1. The van der Waals surface area contributed by atoms with Gasteiger partial charge >= 0.3 is 5.96 Å². The molecular weight excluding hydrogens is 174 g/mol. The molecule has 14 heavy (non-hydrogen) atoms. The number of nitrogens with zero attached hydrogens (tertiary/aromatic N) is 3. The number of rotatable bonds is 2. The molecule has 0 saturated carbocycles. The van der Waals surface area contributed by atoms with Gasteiger partial charge in [-0.3, -0.25) is 14.4 Å². The van der Waals surface area contributed by atoms with Gasteiger partial charge < -0.3 is 0 Å². The fourth-order valence-electron chi connectivity index (χ4n) is 2.40. The van der Waals surface area contributed by atoms with Crippen molar-refractivity contribution in [1.82, 2.24) is 9.80 Å². The van der Waals surface area contributed by atoms with Crippen molar-refractivity contribution in [2.45, 2.75) is 32.7 Å². The van der Waals surface area contributed by atoms with Crippen molar-refractivity contribution in [1.29, 1.82) is 0 Å². The zero-order valence-corrected chi connectivity index (χ0v) is 10.2. The van der Waals surface area contributed by atoms with Crippen LogP contribution < -0.4 is 0 Å². The first-order valence-corrected chi connectivity index (χ1v) is 5.63. The highest BCUT2D eigenvalue weighted by atomic mass is 15.4. The molecule has 1 aliphatic heterocycles. The summed E-state index contributed by atoms with van der Waals surface area (Å²) >= 11 is 0. The van der Waals surface area contributed by atoms with Crippen LogP contribution >= 0.6 is 0 Å². The predicted molar refractivity (Wildman–Crippen MR) is 60.8 cm³/mol. The Morgan fingerprint density at radius 2 is 2.00 bits per heavy atom. The molecule has 0 amide bonds. The Bertz CT molecular complexity index is 219. The van der Waals surface area contributed by atoms with Gasteiger partial charge in [0.1, 0.15) is 0 Å². The van der Waals surface area contributed by atoms with Gasteiger partial charge in [-0.25, -0.2) is 0 Å². The molecule has 1 saturated heterocycles. The average Bonchev–Trinajstić information content (AvgIpc) is 2.16. The van der Waals surface area contributed by atoms with Crippen LogP contribution in [-0.4, -0.2) is 60.6 Å². The van der Waals surface area contributed by atoms with E-state index in [0.717, 1.165) is 12.6 Å². The third-order valence-corrected chi connectivity index (χ3v) is 3.05. The summed E-state index contributed by atoms with van der Waals surface area (Å²) < 4.78 is 2.23. The van der Waals surface area contributed by atoms with Crippen molar-refractivity contribution in [2.24, 2.45) is 0 Å². The smallest absolute Gasteiger partial charge is 0.270 e. The van der Waals surface area contributed by atoms with Gasteiger partial charge in [0.25, 0.3) is 0 Å². The van der Waals surface area contributed by atoms with Crippen molar-refractivity contribution >= 4 is 5.96 Å². The molecule has 0 spiro atoms. The largest absolute Gasteiger partial charge is 0.350 e. The zero-order chi connectivity index (χ0) is 10.7. The van der Waals surface area contributed by atoms with Crippen molar-refractivity contribution in [3.63, 3.8) is 0 Å². The summed E-state index contributed by atoms with van der Waals surface area (Å²) in [6.07, 6.45) is 2.54. The minimum atomic E-state index is 0.730. The molecule has 0 aromatic carbocycles. The van der Waals surface area contributed by atoms with Crippen molar-refractivity contribution < 1.29 is 4.58 Å². The molecule has 82 valence electrons. The third-order valence-electron chi connectivity index (χ3n) is 3.05. The van der Waals surface area contributed by atoms with Gasteiger partial charge in [-0.15, -0.1) is 0 Å². The first-order valence-electron chi connectivity index (χ1n) is 5.63. The second-order valence-corrected chi connectivity index (χ2v) is 4.25. The van der Waals surface area contributed by atoms with Crippen LogP contribution in [-0.2, 0) is 0 Å². The normalized spacial score (nSPS) is 22.9. The van der Waals surface area contributed by atoms with Crippen LogP contribution in [0.4, 0.5) is 0 Å². The van der Waals surface area contributed by atoms with Gasteiger partial charge in [-0.05, 0) is 13.3 Å². The Hall–Kier alpha value is -0.730. The molecule has 3 heteroatoms. The number of guanidine groups is 1. The second-order valence-electron chi connectivity index (χ2n) is 4.25. The second kappa shape index (κ2) is 4.67. The van der Waals surface area contributed by atoms with E-state index in [4.69, 9.17) is 0 Å². The fraction of sp³-hybridized carbons (Fsp3) is 0.909. The molecule has 0 N–H and O–H groups in total. The monoisotopic (exact) mass is 198 g/mol. The molecule has 0 aliphatic carbocycles. The third kappa shape index (κ3) is 2.02. The summed E-state index contributed by atoms with van der Waals surface area (Å²) in [4.78, 5) is 4.87. The minimum Gasteiger partial charge on any atom is -0.270 e. The van der Waals surface area contributed by atoms with Crippen LogP contribution in [0.5, 0.6) is 0 Å². The van der Waals surface area contributed by atoms with Crippen LogP contribution in [0.25, 0.3) is 0 Å². The SMILES string of the molecule is CCC1CCN(C)C(=[N+](C)C)N1CC. The van der Waals surface area contributed by atoms with E-state index < -0.39 is 0 Å². The lowest BCUT2D eigenvalue weighted by Gasteiger charge is -2.36. The summed E-state index contributed by atoms with van der Waals surface area (Å²) in [7, 11) is 6.45. The van der Waals surface area contributed by atoms with E-state index in [9.17, 15) is 0 Å². The fourth-order valence-corrected chi connectivity index (χ4v) is 2.40. The Balaban J connectivity index is 2.92. The van der Waals surface area contributed by atoms with Crippen molar-refractivity contribution in [3.8, 4) is 0 Å². The van der Waals surface area contributed by atoms with Gasteiger partial charge in [0, 0.05) is 6.42 Å². The van der Waals surface area contributed by atoms with E-state index in [1.54, 1.807) is 0 Å². The standard InChI is InChI=1S/C11H24N3/c1-6-10-8-9-13(5)11(12(3)4)14(10)7-2/h10H,6-9H2,1-5H3/q+1. The molecule has 1 rings (SSSR count). The maximum absolute atomic E-state index is 2.52. The first-order chi connectivity index (χ1) is 6.61. The van der Waals surface area contributed by atoms with Gasteiger partial charge in [0.15, 0.2) is 0 Å². The van der Waals surface area contributed by atoms with Gasteiger partial charge in [-0.2, -0.15) is 0 Å². The zero-order valence-electron chi connectivity index (χ0n) is 10.2. The van der Waals surface area contributed by atoms with E-state index in [2.05, 4.69) is 49.4 Å². The Kier molecular flexibility index (Phi) is 3.78. The molecule has 0 radical (unpaired) electrons. The summed E-state index contributed by atoms with van der Waals surface area (Å²) in [6.45, 7) is 6.82. The molecule has 1 fully saturated rings. The maximum atomic E-state index is 2.52. The van der Waals surface area contributed by atoms with Crippen LogP contribution in [0.15, 0.2) is 0 Å². The van der Waals surface area contributed by atoms with E-state index in [-0.39, 0.29) is 0 Å². The number of hydrogen-bond donors (Lipinski definition) is 0. The summed E-state index contributed by atoms with van der Waals surface area (Å²) in [6, 6.07) is 0.730. The van der Waals surface area contributed by atoms with E-state index in [1.165, 1.54) is 25.3 Å². The van der Waals surface area contributed by atoms with E-state index in [1.807, 2.05) is 0 Å². The van der Waals surface area contributed by atoms with Crippen LogP contribution in [0.1, 0.15) is 26.7 Å². The minimum absolute atomic E-state index is 0.730. The summed E-state index contributed by atoms with van der Waals surface area (Å²) in [5.41, 5.74) is 0. The van der Waals surface area contributed by atoms with E-state index >= 15 is 0 Å². The number of hydrogen-bond acceptors (Lipinski definition) is 0. The molecule has 1 atom stereocenters. The lowest BCUT2D eigenvalue weighted by molar-refractivity contribution is -0.477. The van der Waals surface area contributed by atoms with Crippen LogP contribution in [0.3, 0.4) is 0 Å². The van der Waals surface area contributed by atoms with Crippen molar-refractivity contribution in [3.05, 3.63) is 0 Å². The summed E-state index contributed by atoms with van der Waals surface area (Å²) in [5, 5.41) is 0. The Labute approximate surface area is 88.0 Å². The molecular formula is C11H24N3+. The average molecular weight is 198 g/mol. The Morgan fingerprint density at radius 3 is 2.43 bits per heavy atom. The molecule has 0 aromatic rings. The predicted octanol–water partition coefficient (Wildman–Crippen LogP) is 1.05. The van der Waals surface area contributed by atoms with Gasteiger partial charge in [0.05, 0.1) is 40.3 Å². The maximum Gasteiger partial charge on any atom is 0.350 e. The molecule has 1 unspecified atom stereocenters. The lowest BCUT2D eigenvalue weighted by Crippen LogP contribution is -2.56. The highest BCUT2D eigenvalue weighted by Gasteiger charge is 2.34. The van der Waals surface area contributed by atoms with Gasteiger partial charge in [0.2, 0.25) is 0 Å². The quantitative estimate of drug-likeness (QED) is 0.614. The topological polar surface area (TPSA) is 9.49 Å². The van der Waals surface area contributed by atoms with Crippen LogP contribution in [0, 0.1) is 0 Å². The van der Waals surface area contributed by atoms with Crippen molar-refractivity contribution in [2.75, 3.05) is 34.2 Å². The van der Waals surface area contributed by atoms with E-state index in [0.29, 0.717) is 0 Å². The highest BCUT2D eigenvalue weighted by molar-refractivity contribution is 5.76. The molecule has 1 heterocycles. The Morgan fingerprint density at radius 1 is 1.36 bits per heavy atom. The molecule has 1 aliphatic rings. The first kappa shape index (κ1) is 11.3. The molecule has 0 bridgehead atoms. The summed E-state index contributed by atoms with van der Waals surface area (Å²) in [5.74, 6) is 1.37. The highest BCUT2D eigenvalue weighted by Crippen LogP contribution is 2.16. The van der Waals surface area contributed by atoms with Crippen LogP contribution in [0.2, 0.25) is 0 Å². The van der Waals surface area contributed by atoms with Gasteiger partial charge in [-0.1, -0.05) is 6.92 Å². The molecule has 3 nitrogen and oxygen atoms in total. The molecule has 0 aromatic heterocycles.